The van der Waals surface area contributed by atoms with Gasteiger partial charge in [-0.1, -0.05) is 18.2 Å². The largest absolute Gasteiger partial charge is 0.339 e. The minimum absolute atomic E-state index is 0.120. The van der Waals surface area contributed by atoms with Crippen molar-refractivity contribution < 1.29 is 18.4 Å². The number of carbonyl (C=O) groups is 2. The summed E-state index contributed by atoms with van der Waals surface area (Å²) in [5.74, 6) is -2.19. The molecule has 1 aliphatic heterocycles. The molecule has 1 saturated heterocycles. The highest BCUT2D eigenvalue weighted by Crippen LogP contribution is 2.24. The average Bonchev–Trinajstić information content (AvgIpc) is 3.16. The Morgan fingerprint density at radius 2 is 1.67 bits per heavy atom. The third kappa shape index (κ3) is 4.22. The first-order valence-electron chi connectivity index (χ1n) is 8.79. The fourth-order valence-corrected chi connectivity index (χ4v) is 3.14. The van der Waals surface area contributed by atoms with Crippen LogP contribution in [0.4, 0.5) is 14.5 Å². The number of hydrogen-bond acceptors (Lipinski definition) is 2. The molecule has 27 heavy (non-hydrogen) atoms. The molecule has 0 unspecified atom stereocenters. The number of hydrogen-bond donors (Lipinski definition) is 1. The summed E-state index contributed by atoms with van der Waals surface area (Å²) in [6, 6.07) is 8.69. The quantitative estimate of drug-likeness (QED) is 0.822. The van der Waals surface area contributed by atoms with Crippen molar-refractivity contribution in [1.82, 2.24) is 4.90 Å². The number of carbonyl (C=O) groups excluding carboxylic acids is 2. The standard InChI is InChI=1S/C21H20F2N2O2/c1-14-6-4-9-18(20(14)21(27)25-12-2-3-13-25)24-19(26)11-10-15-16(22)7-5-8-17(15)23/h4-11H,2-3,12-13H2,1H3,(H,24,26)/b11-10+. The Bertz CT molecular complexity index is 883. The zero-order valence-electron chi connectivity index (χ0n) is 15.0. The van der Waals surface area contributed by atoms with Gasteiger partial charge in [0.2, 0.25) is 5.91 Å². The summed E-state index contributed by atoms with van der Waals surface area (Å²) in [5.41, 5.74) is 1.30. The van der Waals surface area contributed by atoms with E-state index in [1.54, 1.807) is 17.0 Å². The Morgan fingerprint density at radius 3 is 2.33 bits per heavy atom. The second kappa shape index (κ2) is 8.12. The van der Waals surface area contributed by atoms with Crippen molar-refractivity contribution in [2.45, 2.75) is 19.8 Å². The first-order valence-corrected chi connectivity index (χ1v) is 8.79. The zero-order valence-corrected chi connectivity index (χ0v) is 15.0. The van der Waals surface area contributed by atoms with Crippen LogP contribution in [0.3, 0.4) is 0 Å². The lowest BCUT2D eigenvalue weighted by Gasteiger charge is -2.19. The lowest BCUT2D eigenvalue weighted by molar-refractivity contribution is -0.111. The highest BCUT2D eigenvalue weighted by Gasteiger charge is 2.23. The number of halogens is 2. The first-order chi connectivity index (χ1) is 13.0. The molecule has 140 valence electrons. The van der Waals surface area contributed by atoms with Crippen LogP contribution >= 0.6 is 0 Å². The number of amides is 2. The maximum absolute atomic E-state index is 13.7. The molecule has 1 fully saturated rings. The molecule has 1 N–H and O–H groups in total. The summed E-state index contributed by atoms with van der Waals surface area (Å²) < 4.78 is 27.3. The van der Waals surface area contributed by atoms with Crippen LogP contribution in [0.1, 0.15) is 34.3 Å². The van der Waals surface area contributed by atoms with Crippen molar-refractivity contribution in [3.63, 3.8) is 0 Å². The van der Waals surface area contributed by atoms with E-state index in [-0.39, 0.29) is 11.5 Å². The van der Waals surface area contributed by atoms with E-state index in [0.717, 1.165) is 42.7 Å². The molecule has 0 atom stereocenters. The first kappa shape index (κ1) is 18.8. The van der Waals surface area contributed by atoms with Crippen molar-refractivity contribution in [2.24, 2.45) is 0 Å². The van der Waals surface area contributed by atoms with Crippen molar-refractivity contribution in [2.75, 3.05) is 18.4 Å². The Balaban J connectivity index is 1.81. The SMILES string of the molecule is Cc1cccc(NC(=O)/C=C/c2c(F)cccc2F)c1C(=O)N1CCCC1. The van der Waals surface area contributed by atoms with Gasteiger partial charge < -0.3 is 10.2 Å². The predicted octanol–water partition coefficient (Wildman–Crippen LogP) is 4.16. The average molecular weight is 370 g/mol. The molecule has 0 bridgehead atoms. The number of nitrogens with one attached hydrogen (secondary N) is 1. The van der Waals surface area contributed by atoms with Crippen LogP contribution in [-0.2, 0) is 4.79 Å². The molecule has 0 radical (unpaired) electrons. The van der Waals surface area contributed by atoms with E-state index in [2.05, 4.69) is 5.32 Å². The number of aryl methyl sites for hydroxylation is 1. The minimum Gasteiger partial charge on any atom is -0.339 e. The minimum atomic E-state index is -0.750. The van der Waals surface area contributed by atoms with Crippen molar-refractivity contribution in [3.05, 3.63) is 70.8 Å². The Morgan fingerprint density at radius 1 is 1.04 bits per heavy atom. The van der Waals surface area contributed by atoms with Crippen LogP contribution in [0.25, 0.3) is 6.08 Å². The van der Waals surface area contributed by atoms with Gasteiger partial charge in [0.1, 0.15) is 11.6 Å². The smallest absolute Gasteiger partial charge is 0.256 e. The summed E-state index contributed by atoms with van der Waals surface area (Å²) in [4.78, 5) is 26.8. The van der Waals surface area contributed by atoms with Gasteiger partial charge >= 0.3 is 0 Å². The van der Waals surface area contributed by atoms with Crippen LogP contribution < -0.4 is 5.32 Å². The summed E-state index contributed by atoms with van der Waals surface area (Å²) in [6.45, 7) is 3.21. The molecule has 0 saturated carbocycles. The summed E-state index contributed by atoms with van der Waals surface area (Å²) >= 11 is 0. The normalized spacial score (nSPS) is 14.0. The second-order valence-corrected chi connectivity index (χ2v) is 6.45. The number of likely N-dealkylation sites (tertiary alicyclic amines) is 1. The fraction of sp³-hybridized carbons (Fsp3) is 0.238. The maximum Gasteiger partial charge on any atom is 0.256 e. The van der Waals surface area contributed by atoms with E-state index in [4.69, 9.17) is 0 Å². The van der Waals surface area contributed by atoms with Gasteiger partial charge in [-0.15, -0.1) is 0 Å². The third-order valence-corrected chi connectivity index (χ3v) is 4.54. The van der Waals surface area contributed by atoms with Gasteiger partial charge in [0.25, 0.3) is 5.91 Å². The molecule has 1 aliphatic rings. The molecule has 2 aromatic rings. The Hall–Kier alpha value is -3.02. The summed E-state index contributed by atoms with van der Waals surface area (Å²) in [7, 11) is 0. The second-order valence-electron chi connectivity index (χ2n) is 6.45. The van der Waals surface area contributed by atoms with E-state index < -0.39 is 17.5 Å². The van der Waals surface area contributed by atoms with Crippen LogP contribution in [0.2, 0.25) is 0 Å². The van der Waals surface area contributed by atoms with E-state index in [9.17, 15) is 18.4 Å². The highest BCUT2D eigenvalue weighted by atomic mass is 19.1. The lowest BCUT2D eigenvalue weighted by Crippen LogP contribution is -2.29. The van der Waals surface area contributed by atoms with Crippen LogP contribution in [0.15, 0.2) is 42.5 Å². The number of rotatable bonds is 4. The van der Waals surface area contributed by atoms with Gasteiger partial charge in [-0.3, -0.25) is 9.59 Å². The number of anilines is 1. The number of nitrogens with zero attached hydrogens (tertiary/aromatic N) is 1. The molecule has 1 heterocycles. The zero-order chi connectivity index (χ0) is 19.4. The molecule has 6 heteroatoms. The third-order valence-electron chi connectivity index (χ3n) is 4.54. The summed E-state index contributed by atoms with van der Waals surface area (Å²) in [5, 5.41) is 2.65. The van der Waals surface area contributed by atoms with E-state index in [1.807, 2.05) is 13.0 Å². The molecule has 3 rings (SSSR count). The van der Waals surface area contributed by atoms with Gasteiger partial charge in [-0.05, 0) is 49.6 Å². The van der Waals surface area contributed by atoms with Crippen molar-refractivity contribution in [3.8, 4) is 0 Å². The molecule has 4 nitrogen and oxygen atoms in total. The van der Waals surface area contributed by atoms with Gasteiger partial charge in [-0.25, -0.2) is 8.78 Å². The maximum atomic E-state index is 13.7. The molecular weight excluding hydrogens is 350 g/mol. The Labute approximate surface area is 156 Å². The van der Waals surface area contributed by atoms with Crippen LogP contribution in [-0.4, -0.2) is 29.8 Å². The van der Waals surface area contributed by atoms with Gasteiger partial charge in [-0.2, -0.15) is 0 Å². The summed E-state index contributed by atoms with van der Waals surface area (Å²) in [6.07, 6.45) is 4.07. The predicted molar refractivity (Wildman–Crippen MR) is 100 cm³/mol. The van der Waals surface area contributed by atoms with E-state index in [0.29, 0.717) is 24.3 Å². The topological polar surface area (TPSA) is 49.4 Å². The van der Waals surface area contributed by atoms with Gasteiger partial charge in [0.05, 0.1) is 11.3 Å². The van der Waals surface area contributed by atoms with Gasteiger partial charge in [0, 0.05) is 24.7 Å². The van der Waals surface area contributed by atoms with Crippen molar-refractivity contribution >= 4 is 23.6 Å². The van der Waals surface area contributed by atoms with E-state index >= 15 is 0 Å². The van der Waals surface area contributed by atoms with Gasteiger partial charge in [0.15, 0.2) is 0 Å². The number of benzene rings is 2. The highest BCUT2D eigenvalue weighted by molar-refractivity contribution is 6.08. The molecule has 0 aliphatic carbocycles. The molecule has 0 spiro atoms. The molecule has 2 aromatic carbocycles. The van der Waals surface area contributed by atoms with Crippen molar-refractivity contribution in [1.29, 1.82) is 0 Å². The van der Waals surface area contributed by atoms with Crippen LogP contribution in [0.5, 0.6) is 0 Å². The molecule has 0 aromatic heterocycles. The lowest BCUT2D eigenvalue weighted by atomic mass is 10.0. The molecular formula is C21H20F2N2O2. The Kier molecular flexibility index (Phi) is 5.64. The molecule has 2 amide bonds. The van der Waals surface area contributed by atoms with Crippen LogP contribution in [0, 0.1) is 18.6 Å². The van der Waals surface area contributed by atoms with E-state index in [1.165, 1.54) is 6.07 Å². The fourth-order valence-electron chi connectivity index (χ4n) is 3.14. The monoisotopic (exact) mass is 370 g/mol.